The van der Waals surface area contributed by atoms with Gasteiger partial charge in [0.15, 0.2) is 0 Å². The standard InChI is InChI=1S/C14H12BrN5O5/c1-23-8-3-4-9(11(5-8)24-2)13-16-12(25-18-13)7-19-6-10(15)14(17-19)20(21)22/h3-6H,7H2,1-2H3. The number of aromatic nitrogens is 4. The first-order valence-corrected chi connectivity index (χ1v) is 7.73. The summed E-state index contributed by atoms with van der Waals surface area (Å²) in [5, 5.41) is 18.6. The summed E-state index contributed by atoms with van der Waals surface area (Å²) in [7, 11) is 3.09. The summed E-state index contributed by atoms with van der Waals surface area (Å²) in [5.41, 5.74) is 0.630. The van der Waals surface area contributed by atoms with Gasteiger partial charge in [0.1, 0.15) is 22.5 Å². The summed E-state index contributed by atoms with van der Waals surface area (Å²) in [6.07, 6.45) is 1.47. The highest BCUT2D eigenvalue weighted by Crippen LogP contribution is 2.31. The van der Waals surface area contributed by atoms with Gasteiger partial charge in [-0.1, -0.05) is 5.16 Å². The quantitative estimate of drug-likeness (QED) is 0.450. The van der Waals surface area contributed by atoms with Gasteiger partial charge in [-0.05, 0) is 33.0 Å². The van der Waals surface area contributed by atoms with E-state index in [1.165, 1.54) is 18.0 Å². The number of nitrogens with zero attached hydrogens (tertiary/aromatic N) is 5. The van der Waals surface area contributed by atoms with Crippen LogP contribution >= 0.6 is 15.9 Å². The van der Waals surface area contributed by atoms with Crippen molar-refractivity contribution < 1.29 is 18.9 Å². The third kappa shape index (κ3) is 3.45. The van der Waals surface area contributed by atoms with Crippen molar-refractivity contribution in [2.75, 3.05) is 14.2 Å². The van der Waals surface area contributed by atoms with Crippen molar-refractivity contribution in [3.63, 3.8) is 0 Å². The minimum Gasteiger partial charge on any atom is -0.497 e. The molecule has 0 saturated heterocycles. The maximum absolute atomic E-state index is 10.8. The maximum Gasteiger partial charge on any atom is 0.404 e. The van der Waals surface area contributed by atoms with E-state index in [-0.39, 0.29) is 22.7 Å². The van der Waals surface area contributed by atoms with Crippen molar-refractivity contribution in [3.8, 4) is 22.9 Å². The molecule has 0 aliphatic rings. The molecule has 3 rings (SSSR count). The lowest BCUT2D eigenvalue weighted by molar-refractivity contribution is -0.390. The van der Waals surface area contributed by atoms with E-state index in [1.54, 1.807) is 25.3 Å². The molecule has 2 aromatic heterocycles. The second-order valence-electron chi connectivity index (χ2n) is 4.83. The largest absolute Gasteiger partial charge is 0.497 e. The summed E-state index contributed by atoms with van der Waals surface area (Å²) in [5.74, 6) is 1.46. The molecule has 0 atom stereocenters. The van der Waals surface area contributed by atoms with Gasteiger partial charge < -0.3 is 24.1 Å². The summed E-state index contributed by atoms with van der Waals surface area (Å²) in [6, 6.07) is 5.21. The molecule has 0 spiro atoms. The SMILES string of the molecule is COc1ccc(-c2noc(Cn3cc(Br)c([N+](=O)[O-])n3)n2)c(OC)c1. The van der Waals surface area contributed by atoms with Crippen LogP contribution in [0.25, 0.3) is 11.4 Å². The van der Waals surface area contributed by atoms with Crippen LogP contribution in [0.5, 0.6) is 11.5 Å². The Kier molecular flexibility index (Phi) is 4.65. The first-order valence-electron chi connectivity index (χ1n) is 6.94. The molecule has 0 N–H and O–H groups in total. The highest BCUT2D eigenvalue weighted by atomic mass is 79.9. The fraction of sp³-hybridized carbons (Fsp3) is 0.214. The zero-order chi connectivity index (χ0) is 18.0. The first kappa shape index (κ1) is 16.9. The van der Waals surface area contributed by atoms with Gasteiger partial charge in [0.2, 0.25) is 5.82 Å². The zero-order valence-electron chi connectivity index (χ0n) is 13.2. The Morgan fingerprint density at radius 1 is 1.36 bits per heavy atom. The van der Waals surface area contributed by atoms with E-state index in [1.807, 2.05) is 0 Å². The molecule has 2 heterocycles. The van der Waals surface area contributed by atoms with Crippen LogP contribution in [-0.2, 0) is 6.54 Å². The van der Waals surface area contributed by atoms with Gasteiger partial charge in [-0.2, -0.15) is 9.67 Å². The number of hydrogen-bond acceptors (Lipinski definition) is 8. The molecule has 3 aromatic rings. The van der Waals surface area contributed by atoms with E-state index >= 15 is 0 Å². The number of rotatable bonds is 6. The third-order valence-electron chi connectivity index (χ3n) is 3.29. The second-order valence-corrected chi connectivity index (χ2v) is 5.69. The zero-order valence-corrected chi connectivity index (χ0v) is 14.8. The molecule has 0 aliphatic heterocycles. The van der Waals surface area contributed by atoms with Crippen LogP contribution in [0.1, 0.15) is 5.89 Å². The lowest BCUT2D eigenvalue weighted by Crippen LogP contribution is -2.01. The van der Waals surface area contributed by atoms with Crippen molar-refractivity contribution in [2.24, 2.45) is 0 Å². The first-order chi connectivity index (χ1) is 12.0. The molecule has 0 radical (unpaired) electrons. The van der Waals surface area contributed by atoms with Crippen molar-refractivity contribution >= 4 is 21.7 Å². The lowest BCUT2D eigenvalue weighted by atomic mass is 10.2. The minimum absolute atomic E-state index is 0.0951. The number of methoxy groups -OCH3 is 2. The Labute approximate surface area is 149 Å². The Balaban J connectivity index is 1.86. The highest BCUT2D eigenvalue weighted by molar-refractivity contribution is 9.10. The summed E-state index contributed by atoms with van der Waals surface area (Å²) in [4.78, 5) is 14.5. The molecule has 0 aliphatic carbocycles. The van der Waals surface area contributed by atoms with Crippen LogP contribution in [0.2, 0.25) is 0 Å². The number of hydrogen-bond donors (Lipinski definition) is 0. The van der Waals surface area contributed by atoms with E-state index in [0.717, 1.165) is 0 Å². The molecule has 0 unspecified atom stereocenters. The van der Waals surface area contributed by atoms with E-state index in [9.17, 15) is 10.1 Å². The molecule has 10 nitrogen and oxygen atoms in total. The van der Waals surface area contributed by atoms with Crippen LogP contribution in [0.3, 0.4) is 0 Å². The number of benzene rings is 1. The van der Waals surface area contributed by atoms with E-state index in [2.05, 4.69) is 31.2 Å². The molecular formula is C14H12BrN5O5. The lowest BCUT2D eigenvalue weighted by Gasteiger charge is -2.07. The van der Waals surface area contributed by atoms with Gasteiger partial charge >= 0.3 is 5.82 Å². The van der Waals surface area contributed by atoms with Crippen LogP contribution in [0.4, 0.5) is 5.82 Å². The normalized spacial score (nSPS) is 10.7. The van der Waals surface area contributed by atoms with E-state index < -0.39 is 4.92 Å². The molecule has 0 saturated carbocycles. The van der Waals surface area contributed by atoms with Gasteiger partial charge in [0.25, 0.3) is 5.89 Å². The van der Waals surface area contributed by atoms with Crippen LogP contribution in [-0.4, -0.2) is 39.1 Å². The Bertz CT molecular complexity index is 922. The predicted molar refractivity (Wildman–Crippen MR) is 88.5 cm³/mol. The third-order valence-corrected chi connectivity index (χ3v) is 3.85. The average Bonchev–Trinajstić information content (AvgIpc) is 3.21. The average molecular weight is 410 g/mol. The molecule has 130 valence electrons. The van der Waals surface area contributed by atoms with Crippen molar-refractivity contribution in [3.05, 3.63) is 44.9 Å². The molecule has 0 fully saturated rings. The van der Waals surface area contributed by atoms with Gasteiger partial charge in [-0.3, -0.25) is 0 Å². The molecule has 0 amide bonds. The number of nitro groups is 1. The van der Waals surface area contributed by atoms with E-state index in [0.29, 0.717) is 22.9 Å². The molecule has 25 heavy (non-hydrogen) atoms. The Morgan fingerprint density at radius 3 is 2.80 bits per heavy atom. The fourth-order valence-corrected chi connectivity index (χ4v) is 2.60. The fourth-order valence-electron chi connectivity index (χ4n) is 2.14. The van der Waals surface area contributed by atoms with E-state index in [4.69, 9.17) is 14.0 Å². The molecule has 1 aromatic carbocycles. The van der Waals surface area contributed by atoms with Gasteiger partial charge in [-0.25, -0.2) is 0 Å². The molecular weight excluding hydrogens is 398 g/mol. The topological polar surface area (TPSA) is 118 Å². The highest BCUT2D eigenvalue weighted by Gasteiger charge is 2.21. The van der Waals surface area contributed by atoms with Gasteiger partial charge in [0, 0.05) is 6.07 Å². The van der Waals surface area contributed by atoms with Crippen LogP contribution in [0.15, 0.2) is 33.4 Å². The van der Waals surface area contributed by atoms with Gasteiger partial charge in [0.05, 0.1) is 31.1 Å². The molecule has 11 heteroatoms. The monoisotopic (exact) mass is 409 g/mol. The number of halogens is 1. The van der Waals surface area contributed by atoms with Crippen LogP contribution < -0.4 is 9.47 Å². The van der Waals surface area contributed by atoms with Crippen molar-refractivity contribution in [1.82, 2.24) is 19.9 Å². The maximum atomic E-state index is 10.8. The number of ether oxygens (including phenoxy) is 2. The Hall–Kier alpha value is -2.95. The smallest absolute Gasteiger partial charge is 0.404 e. The van der Waals surface area contributed by atoms with Gasteiger partial charge in [-0.15, -0.1) is 0 Å². The van der Waals surface area contributed by atoms with Crippen molar-refractivity contribution in [1.29, 1.82) is 0 Å². The van der Waals surface area contributed by atoms with Crippen molar-refractivity contribution in [2.45, 2.75) is 6.54 Å². The Morgan fingerprint density at radius 2 is 2.16 bits per heavy atom. The summed E-state index contributed by atoms with van der Waals surface area (Å²) in [6.45, 7) is 0.0951. The summed E-state index contributed by atoms with van der Waals surface area (Å²) < 4.78 is 17.3. The summed E-state index contributed by atoms with van der Waals surface area (Å²) >= 11 is 3.09. The molecule has 0 bridgehead atoms. The second kappa shape index (κ2) is 6.89. The minimum atomic E-state index is -0.581. The predicted octanol–water partition coefficient (Wildman–Crippen LogP) is 2.67. The van der Waals surface area contributed by atoms with Crippen LogP contribution in [0, 0.1) is 10.1 Å².